The van der Waals surface area contributed by atoms with Gasteiger partial charge in [-0.3, -0.25) is 14.4 Å². The number of nitrogens with one attached hydrogen (secondary N) is 2. The summed E-state index contributed by atoms with van der Waals surface area (Å²) in [6.45, 7) is 4.23. The van der Waals surface area contributed by atoms with Gasteiger partial charge in [0.1, 0.15) is 17.3 Å². The lowest BCUT2D eigenvalue weighted by Crippen LogP contribution is -2.41. The van der Waals surface area contributed by atoms with Crippen LogP contribution in [0.1, 0.15) is 77.8 Å². The van der Waals surface area contributed by atoms with E-state index < -0.39 is 29.6 Å². The number of anilines is 1. The first-order valence-corrected chi connectivity index (χ1v) is 16.2. The van der Waals surface area contributed by atoms with E-state index in [1.54, 1.807) is 78.9 Å². The fraction of sp³-hybridized carbons (Fsp3) is 0.282. The van der Waals surface area contributed by atoms with Gasteiger partial charge in [-0.1, -0.05) is 62.9 Å². The van der Waals surface area contributed by atoms with Gasteiger partial charge in [0.25, 0.3) is 5.91 Å². The van der Waals surface area contributed by atoms with Gasteiger partial charge in [-0.15, -0.1) is 0 Å². The molecule has 2 amide bonds. The lowest BCUT2D eigenvalue weighted by molar-refractivity contribution is -0.119. The van der Waals surface area contributed by atoms with Crippen molar-refractivity contribution < 1.29 is 33.0 Å². The Bertz CT molecular complexity index is 1670. The van der Waals surface area contributed by atoms with Crippen LogP contribution in [0.5, 0.6) is 11.5 Å². The molecule has 0 radical (unpaired) electrons. The van der Waals surface area contributed by atoms with Gasteiger partial charge in [0, 0.05) is 11.3 Å². The molecular weight excluding hydrogens is 611 g/mol. The third-order valence-electron chi connectivity index (χ3n) is 7.72. The van der Waals surface area contributed by atoms with Gasteiger partial charge in [0.2, 0.25) is 5.91 Å². The summed E-state index contributed by atoms with van der Waals surface area (Å²) in [4.78, 5) is 50.3. The molecule has 0 saturated heterocycles. The molecule has 0 aliphatic heterocycles. The molecule has 1 atom stereocenters. The number of unbranched alkanes of at least 4 members (excludes halogenated alkanes) is 4. The maximum atomic E-state index is 13.8. The van der Waals surface area contributed by atoms with Crippen molar-refractivity contribution >= 4 is 29.3 Å². The number of esters is 1. The van der Waals surface area contributed by atoms with Crippen LogP contribution < -0.4 is 20.1 Å². The predicted molar refractivity (Wildman–Crippen MR) is 183 cm³/mol. The average molecular weight is 653 g/mol. The zero-order valence-corrected chi connectivity index (χ0v) is 27.3. The molecule has 0 heterocycles. The number of carbonyl (C=O) groups excluding carboxylic acids is 4. The third-order valence-corrected chi connectivity index (χ3v) is 7.72. The molecule has 0 bridgehead atoms. The maximum absolute atomic E-state index is 13.8. The van der Waals surface area contributed by atoms with E-state index in [2.05, 4.69) is 17.6 Å². The summed E-state index contributed by atoms with van der Waals surface area (Å²) in [6, 6.07) is 25.1. The minimum Gasteiger partial charge on any atom is -0.494 e. The Balaban J connectivity index is 1.25. The van der Waals surface area contributed by atoms with E-state index in [0.717, 1.165) is 18.4 Å². The van der Waals surface area contributed by atoms with Crippen LogP contribution >= 0.6 is 0 Å². The largest absolute Gasteiger partial charge is 0.494 e. The van der Waals surface area contributed by atoms with Crippen molar-refractivity contribution in [1.82, 2.24) is 5.32 Å². The molecule has 0 aliphatic carbocycles. The first kappa shape index (κ1) is 35.5. The molecule has 9 heteroatoms. The van der Waals surface area contributed by atoms with Crippen LogP contribution in [-0.2, 0) is 22.4 Å². The first-order chi connectivity index (χ1) is 23.2. The summed E-state index contributed by atoms with van der Waals surface area (Å²) in [5.74, 6) is -0.965. The highest BCUT2D eigenvalue weighted by Gasteiger charge is 2.19. The van der Waals surface area contributed by atoms with Crippen LogP contribution in [0.2, 0.25) is 0 Å². The molecule has 48 heavy (non-hydrogen) atoms. The summed E-state index contributed by atoms with van der Waals surface area (Å²) >= 11 is 0. The quantitative estimate of drug-likeness (QED) is 0.0694. The van der Waals surface area contributed by atoms with Gasteiger partial charge in [0.05, 0.1) is 24.6 Å². The predicted octanol–water partition coefficient (Wildman–Crippen LogP) is 7.51. The van der Waals surface area contributed by atoms with Crippen molar-refractivity contribution in [3.63, 3.8) is 0 Å². The summed E-state index contributed by atoms with van der Waals surface area (Å²) in [6.07, 6.45) is 5.90. The highest BCUT2D eigenvalue weighted by molar-refractivity contribution is 5.98. The molecule has 0 aromatic heterocycles. The van der Waals surface area contributed by atoms with Crippen LogP contribution in [0.15, 0.2) is 97.1 Å². The Morgan fingerprint density at radius 3 is 2.06 bits per heavy atom. The molecule has 4 aromatic rings. The molecule has 0 fully saturated rings. The van der Waals surface area contributed by atoms with Gasteiger partial charge in [-0.2, -0.15) is 0 Å². The number of ketones is 1. The van der Waals surface area contributed by atoms with Gasteiger partial charge in [-0.25, -0.2) is 9.18 Å². The number of hydrogen-bond donors (Lipinski definition) is 2. The molecule has 4 aromatic carbocycles. The highest BCUT2D eigenvalue weighted by atomic mass is 19.1. The standard InChI is InChI=1S/C39H41FN2O6/c1-3-4-5-6-9-24-47-33-22-16-30(17-23-33)39(46)48-34-20-12-28(13-21-34)25-36(27(2)43)42-38(45)29-14-18-32(19-15-29)41-37(44)26-31-10-7-8-11-35(31)40/h7-8,10-23,36H,3-6,9,24-26H2,1-2H3,(H,41,44)(H,42,45)/t36-/m0/s1. The van der Waals surface area contributed by atoms with Crippen molar-refractivity contribution in [3.8, 4) is 11.5 Å². The van der Waals surface area contributed by atoms with E-state index in [1.807, 2.05) is 0 Å². The van der Waals surface area contributed by atoms with Gasteiger partial charge < -0.3 is 20.1 Å². The number of benzene rings is 4. The number of ether oxygens (including phenoxy) is 2. The summed E-state index contributed by atoms with van der Waals surface area (Å²) in [5.41, 5.74) is 2.20. The number of hydrogen-bond acceptors (Lipinski definition) is 6. The SMILES string of the molecule is CCCCCCCOc1ccc(C(=O)Oc2ccc(C[C@H](NC(=O)c3ccc(NC(=O)Cc4ccccc4F)cc3)C(C)=O)cc2)cc1. The van der Waals surface area contributed by atoms with Gasteiger partial charge in [-0.05, 0) is 97.6 Å². The van der Waals surface area contributed by atoms with E-state index in [1.165, 1.54) is 44.4 Å². The molecule has 250 valence electrons. The summed E-state index contributed by atoms with van der Waals surface area (Å²) < 4.78 is 25.1. The van der Waals surface area contributed by atoms with Crippen LogP contribution in [0.25, 0.3) is 0 Å². The van der Waals surface area contributed by atoms with Crippen LogP contribution in [0, 0.1) is 5.82 Å². The van der Waals surface area contributed by atoms with E-state index in [4.69, 9.17) is 9.47 Å². The molecule has 0 unspecified atom stereocenters. The molecule has 8 nitrogen and oxygen atoms in total. The highest BCUT2D eigenvalue weighted by Crippen LogP contribution is 2.19. The van der Waals surface area contributed by atoms with Gasteiger partial charge >= 0.3 is 5.97 Å². The normalized spacial score (nSPS) is 11.3. The topological polar surface area (TPSA) is 111 Å². The second kappa shape index (κ2) is 18.1. The smallest absolute Gasteiger partial charge is 0.343 e. The molecule has 0 aliphatic rings. The van der Waals surface area contributed by atoms with Crippen molar-refractivity contribution in [3.05, 3.63) is 125 Å². The Morgan fingerprint density at radius 2 is 1.40 bits per heavy atom. The Morgan fingerprint density at radius 1 is 0.750 bits per heavy atom. The lowest BCUT2D eigenvalue weighted by atomic mass is 10.0. The Labute approximate surface area is 280 Å². The van der Waals surface area contributed by atoms with Crippen molar-refractivity contribution in [2.24, 2.45) is 0 Å². The molecule has 2 N–H and O–H groups in total. The van der Waals surface area contributed by atoms with Crippen molar-refractivity contribution in [2.75, 3.05) is 11.9 Å². The van der Waals surface area contributed by atoms with Crippen molar-refractivity contribution in [1.29, 1.82) is 0 Å². The van der Waals surface area contributed by atoms with Crippen LogP contribution in [-0.4, -0.2) is 36.2 Å². The van der Waals surface area contributed by atoms with E-state index in [0.29, 0.717) is 34.9 Å². The second-order valence-electron chi connectivity index (χ2n) is 11.6. The Kier molecular flexibility index (Phi) is 13.4. The van der Waals surface area contributed by atoms with E-state index in [9.17, 15) is 23.6 Å². The van der Waals surface area contributed by atoms with Crippen molar-refractivity contribution in [2.45, 2.75) is 64.8 Å². The molecule has 4 rings (SSSR count). The maximum Gasteiger partial charge on any atom is 0.343 e. The number of halogens is 1. The molecular formula is C39H41FN2O6. The van der Waals surface area contributed by atoms with E-state index >= 15 is 0 Å². The summed E-state index contributed by atoms with van der Waals surface area (Å²) in [5, 5.41) is 5.45. The number of amides is 2. The van der Waals surface area contributed by atoms with Gasteiger partial charge in [0.15, 0.2) is 5.78 Å². The molecule has 0 saturated carbocycles. The zero-order chi connectivity index (χ0) is 34.3. The lowest BCUT2D eigenvalue weighted by Gasteiger charge is -2.17. The minimum absolute atomic E-state index is 0.123. The molecule has 0 spiro atoms. The minimum atomic E-state index is -0.789. The fourth-order valence-corrected chi connectivity index (χ4v) is 4.94. The first-order valence-electron chi connectivity index (χ1n) is 16.2. The van der Waals surface area contributed by atoms with E-state index in [-0.39, 0.29) is 24.2 Å². The zero-order valence-electron chi connectivity index (χ0n) is 27.3. The monoisotopic (exact) mass is 652 g/mol. The second-order valence-corrected chi connectivity index (χ2v) is 11.6. The fourth-order valence-electron chi connectivity index (χ4n) is 4.94. The summed E-state index contributed by atoms with van der Waals surface area (Å²) in [7, 11) is 0. The third kappa shape index (κ3) is 11.2. The number of carbonyl (C=O) groups is 4. The van der Waals surface area contributed by atoms with Crippen LogP contribution in [0.4, 0.5) is 10.1 Å². The number of Topliss-reactive ketones (excluding diaryl/α,β-unsaturated/α-hetero) is 1. The average Bonchev–Trinajstić information content (AvgIpc) is 3.08. The Hall–Kier alpha value is -5.31. The number of rotatable bonds is 17. The van der Waals surface area contributed by atoms with Crippen LogP contribution in [0.3, 0.4) is 0 Å².